The monoisotopic (exact) mass is 270 g/mol. The number of carbonyl (C=O) groups is 1. The second kappa shape index (κ2) is 5.52. The van der Waals surface area contributed by atoms with Crippen LogP contribution >= 0.6 is 0 Å². The summed E-state index contributed by atoms with van der Waals surface area (Å²) in [5.74, 6) is -2.66. The summed E-state index contributed by atoms with van der Waals surface area (Å²) in [5, 5.41) is 2.75. The van der Waals surface area contributed by atoms with Crippen LogP contribution < -0.4 is 11.1 Å². The molecule has 2 atom stereocenters. The van der Waals surface area contributed by atoms with Gasteiger partial charge in [-0.05, 0) is 25.3 Å². The molecule has 0 aromatic heterocycles. The number of anilines is 1. The molecule has 0 radical (unpaired) electrons. The number of carbonyl (C=O) groups excluding carboxylic acids is 1. The molecule has 1 fully saturated rings. The smallest absolute Gasteiger partial charge is 0.253 e. The quantitative estimate of drug-likeness (QED) is 0.824. The number of hydrogen-bond acceptors (Lipinski definition) is 3. The van der Waals surface area contributed by atoms with E-state index >= 15 is 0 Å². The van der Waals surface area contributed by atoms with Crippen molar-refractivity contribution < 1.29 is 18.3 Å². The van der Waals surface area contributed by atoms with Crippen LogP contribution in [0.25, 0.3) is 0 Å². The van der Waals surface area contributed by atoms with Gasteiger partial charge < -0.3 is 15.8 Å². The number of rotatable bonds is 3. The van der Waals surface area contributed by atoms with E-state index in [1.807, 2.05) is 0 Å². The molecule has 1 aliphatic rings. The highest BCUT2D eigenvalue weighted by atomic mass is 19.2. The van der Waals surface area contributed by atoms with E-state index in [-0.39, 0.29) is 23.4 Å². The van der Waals surface area contributed by atoms with Crippen molar-refractivity contribution in [2.45, 2.75) is 31.4 Å². The van der Waals surface area contributed by atoms with Gasteiger partial charge >= 0.3 is 0 Å². The summed E-state index contributed by atoms with van der Waals surface area (Å²) in [6, 6.07) is 1.51. The lowest BCUT2D eigenvalue weighted by Crippen LogP contribution is -2.41. The van der Waals surface area contributed by atoms with Gasteiger partial charge in [0.15, 0.2) is 11.6 Å². The topological polar surface area (TPSA) is 64.3 Å². The van der Waals surface area contributed by atoms with E-state index in [4.69, 9.17) is 10.5 Å². The van der Waals surface area contributed by atoms with Crippen LogP contribution in [0.4, 0.5) is 14.5 Å². The number of nitrogen functional groups attached to an aromatic ring is 1. The van der Waals surface area contributed by atoms with Crippen molar-refractivity contribution in [2.75, 3.05) is 12.8 Å². The highest BCUT2D eigenvalue weighted by Crippen LogP contribution is 2.23. The molecule has 0 spiro atoms. The Morgan fingerprint density at radius 2 is 2.05 bits per heavy atom. The number of hydrogen-bond donors (Lipinski definition) is 2. The Balaban J connectivity index is 2.14. The fourth-order valence-corrected chi connectivity index (χ4v) is 2.38. The molecule has 1 aromatic carbocycles. The highest BCUT2D eigenvalue weighted by Gasteiger charge is 2.29. The van der Waals surface area contributed by atoms with Gasteiger partial charge in [0.05, 0.1) is 17.7 Å². The van der Waals surface area contributed by atoms with E-state index in [0.29, 0.717) is 0 Å². The van der Waals surface area contributed by atoms with Crippen molar-refractivity contribution in [3.05, 3.63) is 29.3 Å². The van der Waals surface area contributed by atoms with Gasteiger partial charge in [-0.25, -0.2) is 8.78 Å². The summed E-state index contributed by atoms with van der Waals surface area (Å²) in [5.41, 5.74) is 5.40. The van der Waals surface area contributed by atoms with Crippen LogP contribution in [0.5, 0.6) is 0 Å². The summed E-state index contributed by atoms with van der Waals surface area (Å²) in [7, 11) is 1.58. The van der Waals surface area contributed by atoms with Crippen molar-refractivity contribution in [3.63, 3.8) is 0 Å². The number of nitrogens with one attached hydrogen (secondary N) is 1. The van der Waals surface area contributed by atoms with Crippen molar-refractivity contribution in [3.8, 4) is 0 Å². The molecule has 2 unspecified atom stereocenters. The zero-order chi connectivity index (χ0) is 14.0. The molecule has 0 bridgehead atoms. The first-order chi connectivity index (χ1) is 9.02. The Hall–Kier alpha value is -1.69. The largest absolute Gasteiger partial charge is 0.398 e. The van der Waals surface area contributed by atoms with Gasteiger partial charge in [0.25, 0.3) is 5.91 Å². The maximum atomic E-state index is 13.1. The molecule has 0 aliphatic heterocycles. The van der Waals surface area contributed by atoms with Gasteiger partial charge in [0.2, 0.25) is 0 Å². The average Bonchev–Trinajstić information content (AvgIpc) is 2.80. The van der Waals surface area contributed by atoms with Crippen LogP contribution in [-0.4, -0.2) is 25.2 Å². The molecule has 1 saturated carbocycles. The van der Waals surface area contributed by atoms with E-state index in [1.54, 1.807) is 7.11 Å². The number of ether oxygens (including phenoxy) is 1. The number of methoxy groups -OCH3 is 1. The molecule has 1 amide bonds. The third-order valence-corrected chi connectivity index (χ3v) is 3.41. The molecule has 1 aromatic rings. The van der Waals surface area contributed by atoms with Crippen LogP contribution in [0.2, 0.25) is 0 Å². The van der Waals surface area contributed by atoms with Gasteiger partial charge in [0, 0.05) is 18.9 Å². The summed E-state index contributed by atoms with van der Waals surface area (Å²) >= 11 is 0. The van der Waals surface area contributed by atoms with E-state index in [0.717, 1.165) is 31.4 Å². The molecule has 6 heteroatoms. The summed E-state index contributed by atoms with van der Waals surface area (Å²) in [6.45, 7) is 0. The van der Waals surface area contributed by atoms with Gasteiger partial charge in [0.1, 0.15) is 0 Å². The zero-order valence-corrected chi connectivity index (χ0v) is 10.6. The predicted molar refractivity (Wildman–Crippen MR) is 66.7 cm³/mol. The lowest BCUT2D eigenvalue weighted by atomic mass is 10.1. The summed E-state index contributed by atoms with van der Waals surface area (Å²) in [4.78, 5) is 12.0. The maximum Gasteiger partial charge on any atom is 0.253 e. The molecular weight excluding hydrogens is 254 g/mol. The fraction of sp³-hybridized carbons (Fsp3) is 0.462. The third kappa shape index (κ3) is 2.84. The SMILES string of the molecule is COC1CCCC1NC(=O)c1cc(F)c(F)cc1N. The lowest BCUT2D eigenvalue weighted by Gasteiger charge is -2.20. The van der Waals surface area contributed by atoms with Gasteiger partial charge in [-0.15, -0.1) is 0 Å². The standard InChI is InChI=1S/C13H16F2N2O2/c1-19-12-4-2-3-11(12)17-13(18)7-5-8(14)9(15)6-10(7)16/h5-6,11-12H,2-4,16H2,1H3,(H,17,18). The minimum absolute atomic E-state index is 0.0459. The normalized spacial score (nSPS) is 22.5. The molecule has 3 N–H and O–H groups in total. The molecular formula is C13H16F2N2O2. The third-order valence-electron chi connectivity index (χ3n) is 3.41. The van der Waals surface area contributed by atoms with Crippen LogP contribution in [0.1, 0.15) is 29.6 Å². The zero-order valence-electron chi connectivity index (χ0n) is 10.6. The molecule has 0 heterocycles. The van der Waals surface area contributed by atoms with Gasteiger partial charge in [-0.1, -0.05) is 0 Å². The number of benzene rings is 1. The van der Waals surface area contributed by atoms with Crippen LogP contribution in [0, 0.1) is 11.6 Å². The first-order valence-electron chi connectivity index (χ1n) is 6.11. The Kier molecular flexibility index (Phi) is 3.99. The Bertz CT molecular complexity index is 494. The Morgan fingerprint density at radius 1 is 1.37 bits per heavy atom. The van der Waals surface area contributed by atoms with Crippen molar-refractivity contribution in [1.82, 2.24) is 5.32 Å². The highest BCUT2D eigenvalue weighted by molar-refractivity contribution is 5.99. The number of amides is 1. The fourth-order valence-electron chi connectivity index (χ4n) is 2.38. The van der Waals surface area contributed by atoms with Crippen molar-refractivity contribution in [1.29, 1.82) is 0 Å². The van der Waals surface area contributed by atoms with Crippen LogP contribution in [0.15, 0.2) is 12.1 Å². The van der Waals surface area contributed by atoms with E-state index in [9.17, 15) is 13.6 Å². The second-order valence-electron chi connectivity index (χ2n) is 4.64. The van der Waals surface area contributed by atoms with E-state index in [1.165, 1.54) is 0 Å². The van der Waals surface area contributed by atoms with E-state index in [2.05, 4.69) is 5.32 Å². The Labute approximate surface area is 109 Å². The molecule has 4 nitrogen and oxygen atoms in total. The molecule has 104 valence electrons. The minimum Gasteiger partial charge on any atom is -0.398 e. The van der Waals surface area contributed by atoms with Crippen molar-refractivity contribution >= 4 is 11.6 Å². The van der Waals surface area contributed by atoms with E-state index < -0.39 is 17.5 Å². The van der Waals surface area contributed by atoms with Gasteiger partial charge in [-0.3, -0.25) is 4.79 Å². The summed E-state index contributed by atoms with van der Waals surface area (Å²) < 4.78 is 31.3. The van der Waals surface area contributed by atoms with Gasteiger partial charge in [-0.2, -0.15) is 0 Å². The number of nitrogens with two attached hydrogens (primary N) is 1. The second-order valence-corrected chi connectivity index (χ2v) is 4.64. The molecule has 0 saturated heterocycles. The molecule has 19 heavy (non-hydrogen) atoms. The minimum atomic E-state index is -1.09. The lowest BCUT2D eigenvalue weighted by molar-refractivity contribution is 0.0722. The molecule has 1 aliphatic carbocycles. The maximum absolute atomic E-state index is 13.1. The van der Waals surface area contributed by atoms with Crippen molar-refractivity contribution in [2.24, 2.45) is 0 Å². The number of halogens is 2. The average molecular weight is 270 g/mol. The van der Waals surface area contributed by atoms with Crippen LogP contribution in [-0.2, 0) is 4.74 Å². The van der Waals surface area contributed by atoms with Crippen LogP contribution in [0.3, 0.4) is 0 Å². The first-order valence-corrected chi connectivity index (χ1v) is 6.11. The Morgan fingerprint density at radius 3 is 2.74 bits per heavy atom. The molecule has 2 rings (SSSR count). The first kappa shape index (κ1) is 13.7. The predicted octanol–water partition coefficient (Wildman–Crippen LogP) is 1.84. The summed E-state index contributed by atoms with van der Waals surface area (Å²) in [6.07, 6.45) is 2.58.